The molecule has 1 atom stereocenters. The Morgan fingerprint density at radius 3 is 2.80 bits per heavy atom. The summed E-state index contributed by atoms with van der Waals surface area (Å²) in [6.45, 7) is 2.12. The Hall–Kier alpha value is -2.67. The summed E-state index contributed by atoms with van der Waals surface area (Å²) in [5, 5.41) is 13.1. The molecular formula is C18H19N3O3S. The maximum Gasteiger partial charge on any atom is 0.315 e. The number of anilines is 1. The summed E-state index contributed by atoms with van der Waals surface area (Å²) >= 11 is 1.34. The molecule has 130 valence electrons. The van der Waals surface area contributed by atoms with Crippen LogP contribution in [0.3, 0.4) is 0 Å². The summed E-state index contributed by atoms with van der Waals surface area (Å²) in [6.07, 6.45) is 0. The van der Waals surface area contributed by atoms with E-state index in [9.17, 15) is 9.90 Å². The summed E-state index contributed by atoms with van der Waals surface area (Å²) in [4.78, 5) is 19.4. The van der Waals surface area contributed by atoms with Gasteiger partial charge in [0, 0.05) is 5.56 Å². The number of fused-ring (bicyclic) bond motifs is 1. The van der Waals surface area contributed by atoms with Gasteiger partial charge in [0.15, 0.2) is 0 Å². The van der Waals surface area contributed by atoms with Crippen molar-refractivity contribution in [2.75, 3.05) is 17.7 Å². The van der Waals surface area contributed by atoms with E-state index in [1.54, 1.807) is 19.1 Å². The van der Waals surface area contributed by atoms with Gasteiger partial charge in [-0.05, 0) is 25.1 Å². The van der Waals surface area contributed by atoms with Crippen molar-refractivity contribution in [3.63, 3.8) is 0 Å². The summed E-state index contributed by atoms with van der Waals surface area (Å²) < 4.78 is 4.98. The Morgan fingerprint density at radius 1 is 1.28 bits per heavy atom. The molecule has 6 nitrogen and oxygen atoms in total. The number of aromatic amines is 1. The first-order valence-corrected chi connectivity index (χ1v) is 8.98. The van der Waals surface area contributed by atoms with Crippen molar-refractivity contribution in [3.05, 3.63) is 54.1 Å². The van der Waals surface area contributed by atoms with Crippen LogP contribution in [0.2, 0.25) is 0 Å². The van der Waals surface area contributed by atoms with Gasteiger partial charge in [-0.1, -0.05) is 30.3 Å². The molecule has 0 radical (unpaired) electrons. The fourth-order valence-corrected chi connectivity index (χ4v) is 3.38. The SMILES string of the molecule is CCOC(=O)CSC(Nc1nc2ccccc2[nH]1)c1ccccc1O. The smallest absolute Gasteiger partial charge is 0.315 e. The van der Waals surface area contributed by atoms with Gasteiger partial charge in [0.05, 0.1) is 23.4 Å². The van der Waals surface area contributed by atoms with E-state index >= 15 is 0 Å². The zero-order valence-electron chi connectivity index (χ0n) is 13.7. The summed E-state index contributed by atoms with van der Waals surface area (Å²) in [5.74, 6) is 0.609. The number of benzene rings is 2. The minimum Gasteiger partial charge on any atom is -0.508 e. The molecule has 0 amide bonds. The highest BCUT2D eigenvalue weighted by atomic mass is 32.2. The number of nitrogens with one attached hydrogen (secondary N) is 2. The second-order valence-electron chi connectivity index (χ2n) is 5.30. The average Bonchev–Trinajstić information content (AvgIpc) is 3.02. The summed E-state index contributed by atoms with van der Waals surface area (Å²) in [6, 6.07) is 14.7. The van der Waals surface area contributed by atoms with Crippen molar-refractivity contribution < 1.29 is 14.6 Å². The highest BCUT2D eigenvalue weighted by Gasteiger charge is 2.19. The molecule has 0 saturated heterocycles. The number of hydrogen-bond donors (Lipinski definition) is 3. The largest absolute Gasteiger partial charge is 0.508 e. The maximum atomic E-state index is 11.7. The summed E-state index contributed by atoms with van der Waals surface area (Å²) in [7, 11) is 0. The number of aromatic nitrogens is 2. The van der Waals surface area contributed by atoms with Crippen LogP contribution < -0.4 is 5.32 Å². The molecule has 0 aliphatic heterocycles. The van der Waals surface area contributed by atoms with Gasteiger partial charge >= 0.3 is 5.97 Å². The number of thioether (sulfide) groups is 1. The van der Waals surface area contributed by atoms with Crippen LogP contribution in [-0.4, -0.2) is 33.4 Å². The van der Waals surface area contributed by atoms with Crippen molar-refractivity contribution in [2.45, 2.75) is 12.3 Å². The zero-order valence-corrected chi connectivity index (χ0v) is 14.5. The molecule has 0 aliphatic carbocycles. The number of ether oxygens (including phenoxy) is 1. The molecule has 3 aromatic rings. The summed E-state index contributed by atoms with van der Waals surface area (Å²) in [5.41, 5.74) is 2.44. The average molecular weight is 357 g/mol. The first kappa shape index (κ1) is 17.2. The van der Waals surface area contributed by atoms with Crippen LogP contribution in [0.4, 0.5) is 5.95 Å². The molecule has 1 aromatic heterocycles. The first-order valence-electron chi connectivity index (χ1n) is 7.93. The van der Waals surface area contributed by atoms with Crippen LogP contribution in [0, 0.1) is 0 Å². The minimum absolute atomic E-state index is 0.160. The number of carbonyl (C=O) groups is 1. The van der Waals surface area contributed by atoms with Gasteiger partial charge in [-0.3, -0.25) is 4.79 Å². The standard InChI is InChI=1S/C18H19N3O3S/c1-2-24-16(23)11-25-17(12-7-3-6-10-15(12)22)21-18-19-13-8-4-5-9-14(13)20-18/h3-10,17,22H,2,11H2,1H3,(H2,19,20,21). The first-order chi connectivity index (χ1) is 12.2. The van der Waals surface area contributed by atoms with Crippen LogP contribution in [0.1, 0.15) is 17.9 Å². The predicted octanol–water partition coefficient (Wildman–Crippen LogP) is 3.68. The molecule has 0 aliphatic rings. The van der Waals surface area contributed by atoms with E-state index in [2.05, 4.69) is 15.3 Å². The molecule has 1 heterocycles. The van der Waals surface area contributed by atoms with Gasteiger partial charge in [-0.15, -0.1) is 11.8 Å². The van der Waals surface area contributed by atoms with Gasteiger partial charge < -0.3 is 20.1 Å². The zero-order chi connectivity index (χ0) is 17.6. The topological polar surface area (TPSA) is 87.2 Å². The number of esters is 1. The second-order valence-corrected chi connectivity index (χ2v) is 6.40. The Kier molecular flexibility index (Phi) is 5.45. The molecule has 0 saturated carbocycles. The van der Waals surface area contributed by atoms with Crippen LogP contribution in [-0.2, 0) is 9.53 Å². The van der Waals surface area contributed by atoms with E-state index in [0.29, 0.717) is 18.1 Å². The van der Waals surface area contributed by atoms with Gasteiger partial charge in [-0.2, -0.15) is 0 Å². The van der Waals surface area contributed by atoms with E-state index in [1.165, 1.54) is 11.8 Å². The van der Waals surface area contributed by atoms with Crippen molar-refractivity contribution >= 4 is 34.7 Å². The number of phenols is 1. The predicted molar refractivity (Wildman–Crippen MR) is 99.7 cm³/mol. The molecule has 3 rings (SSSR count). The number of nitrogens with zero attached hydrogens (tertiary/aromatic N) is 1. The highest BCUT2D eigenvalue weighted by molar-refractivity contribution is 8.00. The van der Waals surface area contributed by atoms with Crippen LogP contribution in [0.25, 0.3) is 11.0 Å². The Balaban J connectivity index is 1.82. The number of aromatic hydroxyl groups is 1. The van der Waals surface area contributed by atoms with Crippen molar-refractivity contribution in [1.29, 1.82) is 0 Å². The highest BCUT2D eigenvalue weighted by Crippen LogP contribution is 2.35. The van der Waals surface area contributed by atoms with Gasteiger partial charge in [0.25, 0.3) is 0 Å². The van der Waals surface area contributed by atoms with Crippen LogP contribution in [0.5, 0.6) is 5.75 Å². The van der Waals surface area contributed by atoms with Gasteiger partial charge in [0.2, 0.25) is 5.95 Å². The number of phenolic OH excluding ortho intramolecular Hbond substituents is 1. The Bertz CT molecular complexity index is 832. The number of hydrogen-bond acceptors (Lipinski definition) is 6. The van der Waals surface area contributed by atoms with Crippen molar-refractivity contribution in [2.24, 2.45) is 0 Å². The third-order valence-electron chi connectivity index (χ3n) is 3.55. The Labute approximate surface area is 149 Å². The fourth-order valence-electron chi connectivity index (χ4n) is 2.42. The van der Waals surface area contributed by atoms with E-state index < -0.39 is 0 Å². The molecule has 0 bridgehead atoms. The lowest BCUT2D eigenvalue weighted by molar-refractivity contribution is -0.139. The quantitative estimate of drug-likeness (QED) is 0.442. The van der Waals surface area contributed by atoms with Crippen molar-refractivity contribution in [1.82, 2.24) is 9.97 Å². The lowest BCUT2D eigenvalue weighted by Gasteiger charge is -2.19. The minimum atomic E-state index is -0.355. The molecule has 3 N–H and O–H groups in total. The molecule has 0 spiro atoms. The van der Waals surface area contributed by atoms with E-state index in [-0.39, 0.29) is 22.8 Å². The molecule has 1 unspecified atom stereocenters. The van der Waals surface area contributed by atoms with E-state index in [4.69, 9.17) is 4.74 Å². The fraction of sp³-hybridized carbons (Fsp3) is 0.222. The third kappa shape index (κ3) is 4.24. The van der Waals surface area contributed by atoms with Crippen molar-refractivity contribution in [3.8, 4) is 5.75 Å². The molecule has 0 fully saturated rings. The van der Waals surface area contributed by atoms with E-state index in [0.717, 1.165) is 11.0 Å². The molecule has 25 heavy (non-hydrogen) atoms. The maximum absolute atomic E-state index is 11.7. The number of imidazole rings is 1. The van der Waals surface area contributed by atoms with Gasteiger partial charge in [-0.25, -0.2) is 4.98 Å². The number of carbonyl (C=O) groups excluding carboxylic acids is 1. The lowest BCUT2D eigenvalue weighted by Crippen LogP contribution is -2.13. The number of rotatable bonds is 7. The Morgan fingerprint density at radius 2 is 2.04 bits per heavy atom. The lowest BCUT2D eigenvalue weighted by atomic mass is 10.2. The number of para-hydroxylation sites is 3. The van der Waals surface area contributed by atoms with Gasteiger partial charge in [0.1, 0.15) is 11.1 Å². The normalized spacial score (nSPS) is 12.0. The monoisotopic (exact) mass is 357 g/mol. The van der Waals surface area contributed by atoms with E-state index in [1.807, 2.05) is 36.4 Å². The molecule has 7 heteroatoms. The number of H-pyrrole nitrogens is 1. The van der Waals surface area contributed by atoms with Crippen LogP contribution >= 0.6 is 11.8 Å². The molecule has 2 aromatic carbocycles. The third-order valence-corrected chi connectivity index (χ3v) is 4.66. The molecular weight excluding hydrogens is 338 g/mol. The van der Waals surface area contributed by atoms with Crippen LogP contribution in [0.15, 0.2) is 48.5 Å². The second kappa shape index (κ2) is 7.94.